The average molecular weight is 314 g/mol. The van der Waals surface area contributed by atoms with Crippen LogP contribution in [0.3, 0.4) is 0 Å². The number of thioether (sulfide) groups is 1. The number of piperazine rings is 1. The van der Waals surface area contributed by atoms with Gasteiger partial charge in [0.2, 0.25) is 0 Å². The molecule has 2 rings (SSSR count). The molecule has 1 aliphatic rings. The SMILES string of the molecule is CC1CNC(C(C)(C)C)CN1c1ccccc1SC(F)F. The zero-order chi connectivity index (χ0) is 15.6. The number of nitrogens with zero attached hydrogens (tertiary/aromatic N) is 1. The number of nitrogens with one attached hydrogen (secondary N) is 1. The molecule has 1 N–H and O–H groups in total. The van der Waals surface area contributed by atoms with E-state index in [9.17, 15) is 8.78 Å². The van der Waals surface area contributed by atoms with E-state index < -0.39 is 5.76 Å². The molecule has 0 radical (unpaired) electrons. The summed E-state index contributed by atoms with van der Waals surface area (Å²) in [5.74, 6) is -2.39. The molecule has 0 spiro atoms. The minimum atomic E-state index is -2.39. The van der Waals surface area contributed by atoms with Crippen LogP contribution in [0.4, 0.5) is 14.5 Å². The summed E-state index contributed by atoms with van der Waals surface area (Å²) in [6.45, 7) is 10.5. The van der Waals surface area contributed by atoms with Gasteiger partial charge in [0, 0.05) is 30.1 Å². The fraction of sp³-hybridized carbons (Fsp3) is 0.625. The van der Waals surface area contributed by atoms with Gasteiger partial charge >= 0.3 is 0 Å². The molecule has 2 unspecified atom stereocenters. The fourth-order valence-corrected chi connectivity index (χ4v) is 3.33. The van der Waals surface area contributed by atoms with Gasteiger partial charge in [-0.25, -0.2) is 0 Å². The minimum absolute atomic E-state index is 0.142. The Kier molecular flexibility index (Phi) is 5.15. The van der Waals surface area contributed by atoms with E-state index in [2.05, 4.69) is 37.9 Å². The Labute approximate surface area is 130 Å². The zero-order valence-corrected chi connectivity index (χ0v) is 13.9. The first-order valence-corrected chi connectivity index (χ1v) is 8.21. The highest BCUT2D eigenvalue weighted by atomic mass is 32.2. The largest absolute Gasteiger partial charge is 0.365 e. The van der Waals surface area contributed by atoms with Gasteiger partial charge in [0.15, 0.2) is 0 Å². The lowest BCUT2D eigenvalue weighted by Crippen LogP contribution is -2.59. The number of para-hydroxylation sites is 1. The van der Waals surface area contributed by atoms with Crippen LogP contribution in [0.15, 0.2) is 29.2 Å². The fourth-order valence-electron chi connectivity index (χ4n) is 2.67. The maximum Gasteiger partial charge on any atom is 0.288 e. The predicted octanol–water partition coefficient (Wildman–Crippen LogP) is 4.21. The predicted molar refractivity (Wildman–Crippen MR) is 86.4 cm³/mol. The van der Waals surface area contributed by atoms with Crippen LogP contribution in [-0.2, 0) is 0 Å². The Balaban J connectivity index is 2.26. The van der Waals surface area contributed by atoms with Crippen molar-refractivity contribution >= 4 is 17.4 Å². The summed E-state index contributed by atoms with van der Waals surface area (Å²) in [7, 11) is 0. The molecular weight excluding hydrogens is 290 g/mol. The molecule has 1 aromatic rings. The third kappa shape index (κ3) is 4.10. The highest BCUT2D eigenvalue weighted by Gasteiger charge is 2.33. The van der Waals surface area contributed by atoms with Crippen LogP contribution in [-0.4, -0.2) is 30.9 Å². The van der Waals surface area contributed by atoms with Crippen LogP contribution in [0.5, 0.6) is 0 Å². The molecule has 1 saturated heterocycles. The number of halogens is 2. The average Bonchev–Trinajstić information content (AvgIpc) is 2.38. The van der Waals surface area contributed by atoms with Crippen LogP contribution < -0.4 is 10.2 Å². The first-order chi connectivity index (χ1) is 9.79. The minimum Gasteiger partial charge on any atom is -0.365 e. The third-order valence-electron chi connectivity index (χ3n) is 4.01. The number of alkyl halides is 2. The second-order valence-electron chi connectivity index (χ2n) is 6.67. The smallest absolute Gasteiger partial charge is 0.288 e. The molecule has 0 bridgehead atoms. The van der Waals surface area contributed by atoms with E-state index in [-0.39, 0.29) is 5.41 Å². The Hall–Kier alpha value is -0.810. The summed E-state index contributed by atoms with van der Waals surface area (Å²) in [6, 6.07) is 8.12. The standard InChI is InChI=1S/C16H24F2N2S/c1-11-9-19-14(16(2,3)4)10-20(11)12-7-5-6-8-13(12)21-15(17)18/h5-8,11,14-15,19H,9-10H2,1-4H3. The van der Waals surface area contributed by atoms with Crippen molar-refractivity contribution in [1.29, 1.82) is 0 Å². The molecule has 2 atom stereocenters. The van der Waals surface area contributed by atoms with Crippen molar-refractivity contribution in [3.8, 4) is 0 Å². The van der Waals surface area contributed by atoms with Gasteiger partial charge < -0.3 is 10.2 Å². The van der Waals surface area contributed by atoms with E-state index in [1.54, 1.807) is 6.07 Å². The number of benzene rings is 1. The van der Waals surface area contributed by atoms with Crippen molar-refractivity contribution < 1.29 is 8.78 Å². The molecule has 5 heteroatoms. The van der Waals surface area contributed by atoms with Crippen molar-refractivity contribution in [3.63, 3.8) is 0 Å². The lowest BCUT2D eigenvalue weighted by molar-refractivity contribution is 0.238. The molecule has 1 heterocycles. The first kappa shape index (κ1) is 16.6. The number of anilines is 1. The Morgan fingerprint density at radius 3 is 2.57 bits per heavy atom. The summed E-state index contributed by atoms with van der Waals surface area (Å²) < 4.78 is 25.5. The lowest BCUT2D eigenvalue weighted by Gasteiger charge is -2.45. The molecule has 1 aromatic carbocycles. The van der Waals surface area contributed by atoms with E-state index in [1.165, 1.54) is 0 Å². The van der Waals surface area contributed by atoms with Gasteiger partial charge in [-0.05, 0) is 24.5 Å². The van der Waals surface area contributed by atoms with Crippen molar-refractivity contribution in [1.82, 2.24) is 5.32 Å². The molecule has 0 amide bonds. The van der Waals surface area contributed by atoms with Crippen LogP contribution in [0.2, 0.25) is 0 Å². The number of hydrogen-bond donors (Lipinski definition) is 1. The van der Waals surface area contributed by atoms with E-state index >= 15 is 0 Å². The maximum atomic E-state index is 12.8. The zero-order valence-electron chi connectivity index (χ0n) is 13.1. The van der Waals surface area contributed by atoms with E-state index in [4.69, 9.17) is 0 Å². The molecule has 1 fully saturated rings. The molecule has 21 heavy (non-hydrogen) atoms. The quantitative estimate of drug-likeness (QED) is 0.841. The lowest BCUT2D eigenvalue weighted by atomic mass is 9.84. The molecule has 0 aliphatic carbocycles. The maximum absolute atomic E-state index is 12.8. The Morgan fingerprint density at radius 2 is 1.95 bits per heavy atom. The highest BCUT2D eigenvalue weighted by molar-refractivity contribution is 7.99. The summed E-state index contributed by atoms with van der Waals surface area (Å²) >= 11 is 0.634. The molecule has 0 aromatic heterocycles. The van der Waals surface area contributed by atoms with E-state index in [1.807, 2.05) is 18.2 Å². The van der Waals surface area contributed by atoms with Crippen LogP contribution in [0.25, 0.3) is 0 Å². The topological polar surface area (TPSA) is 15.3 Å². The Morgan fingerprint density at radius 1 is 1.29 bits per heavy atom. The first-order valence-electron chi connectivity index (χ1n) is 7.33. The summed E-state index contributed by atoms with van der Waals surface area (Å²) in [5.41, 5.74) is 1.06. The summed E-state index contributed by atoms with van der Waals surface area (Å²) in [5, 5.41) is 3.57. The number of hydrogen-bond acceptors (Lipinski definition) is 3. The van der Waals surface area contributed by atoms with Crippen molar-refractivity contribution in [2.45, 2.75) is 50.4 Å². The van der Waals surface area contributed by atoms with Crippen molar-refractivity contribution in [2.75, 3.05) is 18.0 Å². The van der Waals surface area contributed by atoms with Gasteiger partial charge in [0.25, 0.3) is 5.76 Å². The normalized spacial score (nSPS) is 23.7. The third-order valence-corrected chi connectivity index (χ3v) is 4.78. The molecule has 118 valence electrons. The van der Waals surface area contributed by atoms with Gasteiger partial charge in [0.05, 0.1) is 5.69 Å². The van der Waals surface area contributed by atoms with Crippen LogP contribution in [0.1, 0.15) is 27.7 Å². The highest BCUT2D eigenvalue weighted by Crippen LogP contribution is 2.36. The molecule has 2 nitrogen and oxygen atoms in total. The molecule has 0 saturated carbocycles. The Bertz CT molecular complexity index is 474. The van der Waals surface area contributed by atoms with Crippen LogP contribution >= 0.6 is 11.8 Å². The summed E-state index contributed by atoms with van der Waals surface area (Å²) in [4.78, 5) is 2.92. The van der Waals surface area contributed by atoms with Gasteiger partial charge in [0.1, 0.15) is 0 Å². The van der Waals surface area contributed by atoms with Crippen molar-refractivity contribution in [2.24, 2.45) is 5.41 Å². The van der Waals surface area contributed by atoms with E-state index in [0.717, 1.165) is 18.8 Å². The van der Waals surface area contributed by atoms with Crippen molar-refractivity contribution in [3.05, 3.63) is 24.3 Å². The van der Waals surface area contributed by atoms with Gasteiger partial charge in [-0.3, -0.25) is 0 Å². The molecule has 1 aliphatic heterocycles. The van der Waals surface area contributed by atoms with Gasteiger partial charge in [-0.15, -0.1) is 0 Å². The monoisotopic (exact) mass is 314 g/mol. The second-order valence-corrected chi connectivity index (χ2v) is 7.71. The molecular formula is C16H24F2N2S. The number of rotatable bonds is 3. The van der Waals surface area contributed by atoms with Gasteiger partial charge in [-0.1, -0.05) is 44.7 Å². The van der Waals surface area contributed by atoms with Gasteiger partial charge in [-0.2, -0.15) is 8.78 Å². The van der Waals surface area contributed by atoms with Crippen LogP contribution in [0, 0.1) is 5.41 Å². The summed E-state index contributed by atoms with van der Waals surface area (Å²) in [6.07, 6.45) is 0. The van der Waals surface area contributed by atoms with E-state index in [0.29, 0.717) is 28.7 Å². The second kappa shape index (κ2) is 6.53.